The number of anilines is 2. The van der Waals surface area contributed by atoms with Crippen LogP contribution in [0.1, 0.15) is 59.0 Å². The Morgan fingerprint density at radius 2 is 1.97 bits per heavy atom. The van der Waals surface area contributed by atoms with Crippen molar-refractivity contribution in [3.8, 4) is 0 Å². The normalized spacial score (nSPS) is 23.5. The largest absolute Gasteiger partial charge is 0.343 e. The van der Waals surface area contributed by atoms with Crippen LogP contribution in [0.25, 0.3) is 11.0 Å². The minimum absolute atomic E-state index is 0.0359. The zero-order valence-electron chi connectivity index (χ0n) is 20.1. The summed E-state index contributed by atoms with van der Waals surface area (Å²) in [7, 11) is 3.52. The average Bonchev–Trinajstić information content (AvgIpc) is 3.28. The SMILES string of the molecule is CN(C)C(=O)c1cc2cnc(Nc3ccc(C(=O)N4C[C@H]5C[C@@]5(N)C4)cn3)nc2n1C1CCCC1. The van der Waals surface area contributed by atoms with Gasteiger partial charge in [-0.2, -0.15) is 4.98 Å². The van der Waals surface area contributed by atoms with Crippen LogP contribution < -0.4 is 11.1 Å². The summed E-state index contributed by atoms with van der Waals surface area (Å²) in [5.41, 5.74) is 7.99. The lowest BCUT2D eigenvalue weighted by Crippen LogP contribution is -2.37. The molecule has 1 saturated heterocycles. The first-order valence-corrected chi connectivity index (χ1v) is 12.2. The van der Waals surface area contributed by atoms with E-state index in [0.29, 0.717) is 35.5 Å². The number of amides is 2. The van der Waals surface area contributed by atoms with E-state index in [4.69, 9.17) is 10.7 Å². The van der Waals surface area contributed by atoms with Crippen molar-refractivity contribution in [3.63, 3.8) is 0 Å². The lowest BCUT2D eigenvalue weighted by atomic mass is 10.2. The van der Waals surface area contributed by atoms with Crippen LogP contribution in [0.3, 0.4) is 0 Å². The third kappa shape index (κ3) is 3.81. The molecule has 0 unspecified atom stereocenters. The Morgan fingerprint density at radius 1 is 1.17 bits per heavy atom. The van der Waals surface area contributed by atoms with Crippen molar-refractivity contribution in [2.45, 2.75) is 43.7 Å². The predicted molar refractivity (Wildman–Crippen MR) is 131 cm³/mol. The second-order valence-corrected chi connectivity index (χ2v) is 10.4. The van der Waals surface area contributed by atoms with Crippen LogP contribution in [-0.2, 0) is 0 Å². The van der Waals surface area contributed by atoms with Gasteiger partial charge in [-0.3, -0.25) is 9.59 Å². The van der Waals surface area contributed by atoms with Gasteiger partial charge in [-0.25, -0.2) is 9.97 Å². The molecule has 3 fully saturated rings. The highest BCUT2D eigenvalue weighted by Crippen LogP contribution is 2.47. The van der Waals surface area contributed by atoms with E-state index in [-0.39, 0.29) is 23.4 Å². The molecule has 3 aromatic heterocycles. The fourth-order valence-electron chi connectivity index (χ4n) is 5.57. The molecule has 0 spiro atoms. The van der Waals surface area contributed by atoms with E-state index in [2.05, 4.69) is 19.9 Å². The summed E-state index contributed by atoms with van der Waals surface area (Å²) in [6, 6.07) is 5.65. The Morgan fingerprint density at radius 3 is 2.63 bits per heavy atom. The molecule has 2 saturated carbocycles. The number of nitrogens with two attached hydrogens (primary N) is 1. The number of nitrogens with zero attached hydrogens (tertiary/aromatic N) is 6. The van der Waals surface area contributed by atoms with Crippen molar-refractivity contribution in [1.29, 1.82) is 0 Å². The number of hydrogen-bond acceptors (Lipinski definition) is 7. The number of carbonyl (C=O) groups excluding carboxylic acids is 2. The van der Waals surface area contributed by atoms with E-state index in [1.165, 1.54) is 0 Å². The molecular weight excluding hydrogens is 444 g/mol. The van der Waals surface area contributed by atoms with Crippen LogP contribution >= 0.6 is 0 Å². The second-order valence-electron chi connectivity index (χ2n) is 10.4. The molecule has 2 atom stereocenters. The maximum absolute atomic E-state index is 12.9. The topological polar surface area (TPSA) is 122 Å². The predicted octanol–water partition coefficient (Wildman–Crippen LogP) is 2.56. The number of likely N-dealkylation sites (tertiary alicyclic amines) is 1. The average molecular weight is 475 g/mol. The molecule has 3 aliphatic rings. The minimum Gasteiger partial charge on any atom is -0.343 e. The second kappa shape index (κ2) is 8.01. The summed E-state index contributed by atoms with van der Waals surface area (Å²) in [5.74, 6) is 1.30. The molecule has 4 heterocycles. The van der Waals surface area contributed by atoms with Gasteiger partial charge in [0.05, 0.1) is 5.56 Å². The van der Waals surface area contributed by atoms with Gasteiger partial charge in [-0.1, -0.05) is 12.8 Å². The van der Waals surface area contributed by atoms with Crippen molar-refractivity contribution in [1.82, 2.24) is 29.3 Å². The van der Waals surface area contributed by atoms with E-state index >= 15 is 0 Å². The fourth-order valence-corrected chi connectivity index (χ4v) is 5.57. The Labute approximate surface area is 203 Å². The lowest BCUT2D eigenvalue weighted by molar-refractivity contribution is 0.0771. The minimum atomic E-state index is -0.173. The maximum Gasteiger partial charge on any atom is 0.270 e. The Balaban J connectivity index is 1.24. The number of pyridine rings is 1. The molecule has 3 aromatic rings. The van der Waals surface area contributed by atoms with Crippen LogP contribution in [0.5, 0.6) is 0 Å². The van der Waals surface area contributed by atoms with Gasteiger partial charge in [-0.05, 0) is 43.4 Å². The number of piperidine rings is 1. The standard InChI is InChI=1S/C25H30N8O2/c1-31(2)23(35)19-9-16-12-28-24(30-21(16)33(19)18-5-3-4-6-18)29-20-8-7-15(11-27-20)22(34)32-13-17-10-25(17,26)14-32/h7-9,11-12,17-18H,3-6,10,13-14,26H2,1-2H3,(H,27,28,29,30)/t17-,25-/m1/s1. The summed E-state index contributed by atoms with van der Waals surface area (Å²) in [6.45, 7) is 1.34. The fraction of sp³-hybridized carbons (Fsp3) is 0.480. The highest BCUT2D eigenvalue weighted by atomic mass is 16.2. The number of hydrogen-bond donors (Lipinski definition) is 2. The van der Waals surface area contributed by atoms with E-state index in [1.54, 1.807) is 43.5 Å². The van der Waals surface area contributed by atoms with Crippen LogP contribution in [-0.4, -0.2) is 73.9 Å². The van der Waals surface area contributed by atoms with Crippen LogP contribution in [0, 0.1) is 5.92 Å². The molecule has 0 aromatic carbocycles. The lowest BCUT2D eigenvalue weighted by Gasteiger charge is -2.19. The molecule has 6 rings (SSSR count). The summed E-state index contributed by atoms with van der Waals surface area (Å²) < 4.78 is 2.08. The number of nitrogens with one attached hydrogen (secondary N) is 1. The molecule has 10 heteroatoms. The van der Waals surface area contributed by atoms with Gasteiger partial charge in [-0.15, -0.1) is 0 Å². The first kappa shape index (κ1) is 22.0. The quantitative estimate of drug-likeness (QED) is 0.583. The maximum atomic E-state index is 12.9. The van der Waals surface area contributed by atoms with Crippen LogP contribution in [0.4, 0.5) is 11.8 Å². The van der Waals surface area contributed by atoms with E-state index in [9.17, 15) is 9.59 Å². The van der Waals surface area contributed by atoms with Gasteiger partial charge in [0.1, 0.15) is 17.2 Å². The molecule has 10 nitrogen and oxygen atoms in total. The van der Waals surface area contributed by atoms with Crippen LogP contribution in [0.15, 0.2) is 30.6 Å². The summed E-state index contributed by atoms with van der Waals surface area (Å²) in [4.78, 5) is 42.7. The molecule has 0 radical (unpaired) electrons. The van der Waals surface area contributed by atoms with E-state index < -0.39 is 0 Å². The van der Waals surface area contributed by atoms with Crippen molar-refractivity contribution in [3.05, 3.63) is 41.9 Å². The molecule has 0 bridgehead atoms. The first-order chi connectivity index (χ1) is 16.8. The highest BCUT2D eigenvalue weighted by molar-refractivity contribution is 5.98. The molecule has 2 amide bonds. The monoisotopic (exact) mass is 474 g/mol. The van der Waals surface area contributed by atoms with Crippen LogP contribution in [0.2, 0.25) is 0 Å². The molecule has 182 valence electrons. The Bertz CT molecular complexity index is 1310. The number of carbonyl (C=O) groups is 2. The summed E-state index contributed by atoms with van der Waals surface area (Å²) in [5, 5.41) is 3.98. The van der Waals surface area contributed by atoms with Gasteiger partial charge in [0, 0.05) is 56.5 Å². The zero-order valence-corrected chi connectivity index (χ0v) is 20.1. The first-order valence-electron chi connectivity index (χ1n) is 12.2. The van der Waals surface area contributed by atoms with Crippen molar-refractivity contribution >= 4 is 34.6 Å². The molecule has 2 aliphatic carbocycles. The third-order valence-electron chi connectivity index (χ3n) is 7.63. The third-order valence-corrected chi connectivity index (χ3v) is 7.63. The molecule has 1 aliphatic heterocycles. The number of fused-ring (bicyclic) bond motifs is 2. The van der Waals surface area contributed by atoms with Gasteiger partial charge < -0.3 is 25.4 Å². The Kier molecular flexibility index (Phi) is 5.03. The van der Waals surface area contributed by atoms with Gasteiger partial charge in [0.15, 0.2) is 0 Å². The Hall–Kier alpha value is -3.53. The van der Waals surface area contributed by atoms with Gasteiger partial charge >= 0.3 is 0 Å². The molecule has 35 heavy (non-hydrogen) atoms. The molecule has 3 N–H and O–H groups in total. The van der Waals surface area contributed by atoms with Gasteiger partial charge in [0.25, 0.3) is 11.8 Å². The smallest absolute Gasteiger partial charge is 0.270 e. The zero-order chi connectivity index (χ0) is 24.3. The van der Waals surface area contributed by atoms with Crippen molar-refractivity contribution < 1.29 is 9.59 Å². The van der Waals surface area contributed by atoms with Crippen molar-refractivity contribution in [2.24, 2.45) is 11.7 Å². The van der Waals surface area contributed by atoms with Crippen molar-refractivity contribution in [2.75, 3.05) is 32.5 Å². The number of rotatable bonds is 5. The summed E-state index contributed by atoms with van der Waals surface area (Å²) in [6.07, 6.45) is 8.68. The summed E-state index contributed by atoms with van der Waals surface area (Å²) >= 11 is 0. The molecular formula is C25H30N8O2. The van der Waals surface area contributed by atoms with E-state index in [0.717, 1.165) is 49.7 Å². The van der Waals surface area contributed by atoms with E-state index in [1.807, 2.05) is 11.0 Å². The number of aromatic nitrogens is 4. The highest BCUT2D eigenvalue weighted by Gasteiger charge is 2.58. The van der Waals surface area contributed by atoms with Gasteiger partial charge in [0.2, 0.25) is 5.95 Å².